The van der Waals surface area contributed by atoms with Crippen molar-refractivity contribution in [3.8, 4) is 16.9 Å². The second kappa shape index (κ2) is 8.46. The van der Waals surface area contributed by atoms with Gasteiger partial charge in [-0.05, 0) is 55.5 Å². The van der Waals surface area contributed by atoms with Crippen molar-refractivity contribution in [2.75, 3.05) is 39.7 Å². The van der Waals surface area contributed by atoms with Crippen LogP contribution in [0.5, 0.6) is 5.75 Å². The second-order valence-electron chi connectivity index (χ2n) is 7.13. The Morgan fingerprint density at radius 3 is 2.30 bits per heavy atom. The number of carbonyl (C=O) groups is 1. The van der Waals surface area contributed by atoms with Gasteiger partial charge in [-0.25, -0.2) is 0 Å². The van der Waals surface area contributed by atoms with Crippen LogP contribution in [0.15, 0.2) is 47.4 Å². The van der Waals surface area contributed by atoms with E-state index in [1.807, 2.05) is 56.5 Å². The van der Waals surface area contributed by atoms with Crippen LogP contribution in [0, 0.1) is 0 Å². The number of Topliss-reactive ketones (excluding diaryl/α,β-unsaturated/α-hetero) is 1. The van der Waals surface area contributed by atoms with E-state index in [9.17, 15) is 4.79 Å². The molecule has 5 heteroatoms. The van der Waals surface area contributed by atoms with Gasteiger partial charge in [0.15, 0.2) is 5.78 Å². The van der Waals surface area contributed by atoms with Crippen molar-refractivity contribution in [1.29, 1.82) is 0 Å². The predicted molar refractivity (Wildman–Crippen MR) is 111 cm³/mol. The summed E-state index contributed by atoms with van der Waals surface area (Å²) in [7, 11) is 1.66. The quantitative estimate of drug-likeness (QED) is 0.545. The first kappa shape index (κ1) is 19.9. The molecule has 2 aromatic carbocycles. The molecule has 0 amide bonds. The number of carbonyl (C=O) groups excluding carboxylic acids is 1. The molecule has 0 bridgehead atoms. The first-order valence-corrected chi connectivity index (χ1v) is 10.4. The molecule has 3 rings (SSSR count). The Bertz CT molecular complexity index is 796. The van der Waals surface area contributed by atoms with Gasteiger partial charge in [0.25, 0.3) is 0 Å². The molecule has 0 radical (unpaired) electrons. The SMILES string of the molecule is COc1ccc(-c2ccc(C(=O)C(C)(C)N3CCOCC3)c(SC)c2)cc1. The van der Waals surface area contributed by atoms with Crippen molar-refractivity contribution in [3.05, 3.63) is 48.0 Å². The van der Waals surface area contributed by atoms with Gasteiger partial charge in [-0.3, -0.25) is 9.69 Å². The third-order valence-electron chi connectivity index (χ3n) is 5.23. The van der Waals surface area contributed by atoms with Gasteiger partial charge >= 0.3 is 0 Å². The van der Waals surface area contributed by atoms with Gasteiger partial charge in [0.2, 0.25) is 0 Å². The standard InChI is InChI=1S/C22H27NO3S/c1-22(2,23-11-13-26-14-12-23)21(24)19-10-7-17(15-20(19)27-4)16-5-8-18(25-3)9-6-16/h5-10,15H,11-14H2,1-4H3. The number of benzene rings is 2. The molecule has 0 atom stereocenters. The maximum absolute atomic E-state index is 13.4. The molecule has 0 spiro atoms. The Balaban J connectivity index is 1.90. The topological polar surface area (TPSA) is 38.8 Å². The number of hydrogen-bond acceptors (Lipinski definition) is 5. The van der Waals surface area contributed by atoms with E-state index >= 15 is 0 Å². The lowest BCUT2D eigenvalue weighted by atomic mass is 9.90. The molecule has 0 N–H and O–H groups in total. The van der Waals surface area contributed by atoms with E-state index in [2.05, 4.69) is 11.0 Å². The summed E-state index contributed by atoms with van der Waals surface area (Å²) in [5.74, 6) is 0.998. The summed E-state index contributed by atoms with van der Waals surface area (Å²) in [6.07, 6.45) is 2.02. The number of thioether (sulfide) groups is 1. The van der Waals surface area contributed by atoms with Crippen LogP contribution in [-0.4, -0.2) is 55.9 Å². The molecule has 144 valence electrons. The fourth-order valence-corrected chi connectivity index (χ4v) is 4.06. The third kappa shape index (κ3) is 4.21. The Morgan fingerprint density at radius 1 is 1.07 bits per heavy atom. The largest absolute Gasteiger partial charge is 0.497 e. The molecule has 0 unspecified atom stereocenters. The third-order valence-corrected chi connectivity index (χ3v) is 6.00. The van der Waals surface area contributed by atoms with Crippen molar-refractivity contribution in [2.45, 2.75) is 24.3 Å². The second-order valence-corrected chi connectivity index (χ2v) is 7.98. The van der Waals surface area contributed by atoms with E-state index in [1.54, 1.807) is 18.9 Å². The number of morpholine rings is 1. The minimum absolute atomic E-state index is 0.162. The number of hydrogen-bond donors (Lipinski definition) is 0. The Hall–Kier alpha value is -1.82. The molecule has 4 nitrogen and oxygen atoms in total. The minimum atomic E-state index is -0.546. The molecule has 1 aliphatic rings. The lowest BCUT2D eigenvalue weighted by molar-refractivity contribution is -0.00440. The van der Waals surface area contributed by atoms with Crippen LogP contribution < -0.4 is 4.74 Å². The van der Waals surface area contributed by atoms with Crippen molar-refractivity contribution in [3.63, 3.8) is 0 Å². The summed E-state index contributed by atoms with van der Waals surface area (Å²) >= 11 is 1.61. The fourth-order valence-electron chi connectivity index (χ4n) is 3.44. The van der Waals surface area contributed by atoms with Gasteiger partial charge in [-0.2, -0.15) is 0 Å². The first-order chi connectivity index (χ1) is 13.0. The molecule has 0 saturated carbocycles. The van der Waals surface area contributed by atoms with Crippen LogP contribution >= 0.6 is 11.8 Å². The van der Waals surface area contributed by atoms with E-state index in [0.29, 0.717) is 13.2 Å². The normalized spacial score (nSPS) is 15.6. The average Bonchev–Trinajstić information content (AvgIpc) is 2.73. The van der Waals surface area contributed by atoms with E-state index < -0.39 is 5.54 Å². The van der Waals surface area contributed by atoms with Gasteiger partial charge < -0.3 is 9.47 Å². The van der Waals surface area contributed by atoms with Crippen molar-refractivity contribution < 1.29 is 14.3 Å². The van der Waals surface area contributed by atoms with Crippen LogP contribution in [0.2, 0.25) is 0 Å². The smallest absolute Gasteiger partial charge is 0.183 e. The first-order valence-electron chi connectivity index (χ1n) is 9.17. The molecule has 0 aromatic heterocycles. The lowest BCUT2D eigenvalue weighted by Crippen LogP contribution is -2.54. The number of ether oxygens (including phenoxy) is 2. The van der Waals surface area contributed by atoms with E-state index in [-0.39, 0.29) is 5.78 Å². The lowest BCUT2D eigenvalue weighted by Gasteiger charge is -2.39. The van der Waals surface area contributed by atoms with Crippen molar-refractivity contribution in [1.82, 2.24) is 4.90 Å². The van der Waals surface area contributed by atoms with Crippen molar-refractivity contribution >= 4 is 17.5 Å². The maximum atomic E-state index is 13.4. The summed E-state index contributed by atoms with van der Waals surface area (Å²) < 4.78 is 10.7. The molecule has 1 fully saturated rings. The van der Waals surface area contributed by atoms with Crippen LogP contribution in [0.1, 0.15) is 24.2 Å². The summed E-state index contributed by atoms with van der Waals surface area (Å²) in [5.41, 5.74) is 2.45. The van der Waals surface area contributed by atoms with Gasteiger partial charge in [-0.15, -0.1) is 11.8 Å². The highest BCUT2D eigenvalue weighted by atomic mass is 32.2. The zero-order valence-corrected chi connectivity index (χ0v) is 17.3. The number of nitrogens with zero attached hydrogens (tertiary/aromatic N) is 1. The molecular weight excluding hydrogens is 358 g/mol. The van der Waals surface area contributed by atoms with Crippen LogP contribution in [0.4, 0.5) is 0 Å². The van der Waals surface area contributed by atoms with E-state index in [0.717, 1.165) is 40.4 Å². The number of ketones is 1. The summed E-state index contributed by atoms with van der Waals surface area (Å²) in [6, 6.07) is 14.1. The highest BCUT2D eigenvalue weighted by Crippen LogP contribution is 2.32. The summed E-state index contributed by atoms with van der Waals surface area (Å²) in [4.78, 5) is 16.6. The molecule has 0 aliphatic carbocycles. The Kier molecular flexibility index (Phi) is 6.25. The number of methoxy groups -OCH3 is 1. The van der Waals surface area contributed by atoms with Gasteiger partial charge in [0.05, 0.1) is 25.9 Å². The van der Waals surface area contributed by atoms with Crippen LogP contribution in [-0.2, 0) is 4.74 Å². The zero-order chi connectivity index (χ0) is 19.4. The number of rotatable bonds is 6. The Morgan fingerprint density at radius 2 is 1.70 bits per heavy atom. The monoisotopic (exact) mass is 385 g/mol. The zero-order valence-electron chi connectivity index (χ0n) is 16.5. The summed E-state index contributed by atoms with van der Waals surface area (Å²) in [6.45, 7) is 6.98. The highest BCUT2D eigenvalue weighted by Gasteiger charge is 2.36. The molecule has 27 heavy (non-hydrogen) atoms. The summed E-state index contributed by atoms with van der Waals surface area (Å²) in [5, 5.41) is 0. The molecular formula is C22H27NO3S. The molecule has 1 aliphatic heterocycles. The predicted octanol–water partition coefficient (Wildman–Crippen LogP) is 4.38. The highest BCUT2D eigenvalue weighted by molar-refractivity contribution is 7.98. The van der Waals surface area contributed by atoms with Crippen LogP contribution in [0.3, 0.4) is 0 Å². The maximum Gasteiger partial charge on any atom is 0.183 e. The van der Waals surface area contributed by atoms with Crippen molar-refractivity contribution in [2.24, 2.45) is 0 Å². The van der Waals surface area contributed by atoms with Gasteiger partial charge in [0, 0.05) is 23.5 Å². The fraction of sp³-hybridized carbons (Fsp3) is 0.409. The minimum Gasteiger partial charge on any atom is -0.497 e. The molecule has 1 saturated heterocycles. The van der Waals surface area contributed by atoms with Gasteiger partial charge in [-0.1, -0.05) is 18.2 Å². The van der Waals surface area contributed by atoms with E-state index in [1.165, 1.54) is 0 Å². The van der Waals surface area contributed by atoms with Crippen LogP contribution in [0.25, 0.3) is 11.1 Å². The van der Waals surface area contributed by atoms with Gasteiger partial charge in [0.1, 0.15) is 5.75 Å². The average molecular weight is 386 g/mol. The van der Waals surface area contributed by atoms with E-state index in [4.69, 9.17) is 9.47 Å². The molecule has 2 aromatic rings. The molecule has 1 heterocycles. The Labute approximate surface area is 165 Å².